The Kier molecular flexibility index (Phi) is 8.16. The monoisotopic (exact) mass is 508 g/mol. The molecule has 194 valence electrons. The summed E-state index contributed by atoms with van der Waals surface area (Å²) in [4.78, 5) is 0. The van der Waals surface area contributed by atoms with Crippen molar-refractivity contribution >= 4 is 10.8 Å². The van der Waals surface area contributed by atoms with Crippen molar-refractivity contribution in [2.75, 3.05) is 0 Å². The SMILES string of the molecule is CCCCC1CCC(CCc2ccc3c(F)c(-c4cc(F)c(OC(F)(F)F)c(F)c4)ccc3c2)CC1. The molecule has 1 saturated carbocycles. The van der Waals surface area contributed by atoms with Crippen LogP contribution in [0.4, 0.5) is 26.3 Å². The standard InChI is InChI=1S/C29H30F6O/c1-2-3-4-18-5-7-19(8-6-18)9-10-20-11-13-23-21(15-20)12-14-24(27(23)32)22-16-25(30)28(26(31)17-22)36-29(33,34)35/h11-19H,2-10H2,1H3. The first-order valence-corrected chi connectivity index (χ1v) is 12.6. The molecule has 0 spiro atoms. The van der Waals surface area contributed by atoms with Gasteiger partial charge in [-0.2, -0.15) is 0 Å². The van der Waals surface area contributed by atoms with Gasteiger partial charge in [-0.3, -0.25) is 0 Å². The van der Waals surface area contributed by atoms with Crippen LogP contribution in [0, 0.1) is 29.3 Å². The highest BCUT2D eigenvalue weighted by Crippen LogP contribution is 2.37. The van der Waals surface area contributed by atoms with Crippen molar-refractivity contribution < 1.29 is 31.1 Å². The number of alkyl halides is 3. The van der Waals surface area contributed by atoms with Crippen LogP contribution >= 0.6 is 0 Å². The summed E-state index contributed by atoms with van der Waals surface area (Å²) in [5.41, 5.74) is 0.789. The Morgan fingerprint density at radius 3 is 2.08 bits per heavy atom. The van der Waals surface area contributed by atoms with Gasteiger partial charge >= 0.3 is 6.36 Å². The minimum absolute atomic E-state index is 0.105. The Labute approximate surface area is 207 Å². The van der Waals surface area contributed by atoms with Crippen molar-refractivity contribution in [2.24, 2.45) is 11.8 Å². The van der Waals surface area contributed by atoms with Crippen LogP contribution in [0.5, 0.6) is 5.75 Å². The largest absolute Gasteiger partial charge is 0.573 e. The summed E-state index contributed by atoms with van der Waals surface area (Å²) in [6.07, 6.45) is 5.79. The minimum Gasteiger partial charge on any atom is -0.399 e. The lowest BCUT2D eigenvalue weighted by Crippen LogP contribution is -2.19. The van der Waals surface area contributed by atoms with Crippen LogP contribution < -0.4 is 4.74 Å². The molecule has 1 nitrogen and oxygen atoms in total. The van der Waals surface area contributed by atoms with E-state index in [9.17, 15) is 22.0 Å². The molecule has 0 N–H and O–H groups in total. The summed E-state index contributed by atoms with van der Waals surface area (Å²) in [6, 6.07) is 9.77. The average molecular weight is 509 g/mol. The second kappa shape index (κ2) is 11.1. The van der Waals surface area contributed by atoms with E-state index >= 15 is 4.39 Å². The number of fused-ring (bicyclic) bond motifs is 1. The van der Waals surface area contributed by atoms with Crippen molar-refractivity contribution in [3.8, 4) is 16.9 Å². The average Bonchev–Trinajstić information content (AvgIpc) is 2.84. The van der Waals surface area contributed by atoms with Crippen molar-refractivity contribution in [1.82, 2.24) is 0 Å². The smallest absolute Gasteiger partial charge is 0.399 e. The van der Waals surface area contributed by atoms with Crippen LogP contribution in [0.1, 0.15) is 63.9 Å². The van der Waals surface area contributed by atoms with E-state index in [1.165, 1.54) is 51.0 Å². The maximum Gasteiger partial charge on any atom is 0.573 e. The van der Waals surface area contributed by atoms with E-state index in [1.54, 1.807) is 12.1 Å². The molecule has 0 unspecified atom stereocenters. The Hall–Kier alpha value is -2.70. The lowest BCUT2D eigenvalue weighted by molar-refractivity contribution is -0.276. The van der Waals surface area contributed by atoms with Crippen LogP contribution in [0.3, 0.4) is 0 Å². The van der Waals surface area contributed by atoms with Gasteiger partial charge in [0, 0.05) is 10.9 Å². The van der Waals surface area contributed by atoms with Gasteiger partial charge in [-0.1, -0.05) is 82.2 Å². The topological polar surface area (TPSA) is 9.23 Å². The van der Waals surface area contributed by atoms with E-state index in [0.29, 0.717) is 23.4 Å². The summed E-state index contributed by atoms with van der Waals surface area (Å²) in [5, 5.41) is 0.944. The summed E-state index contributed by atoms with van der Waals surface area (Å²) in [7, 11) is 0. The van der Waals surface area contributed by atoms with Crippen LogP contribution in [0.25, 0.3) is 21.9 Å². The van der Waals surface area contributed by atoms with Gasteiger partial charge in [0.2, 0.25) is 5.75 Å². The van der Waals surface area contributed by atoms with E-state index < -0.39 is 29.6 Å². The summed E-state index contributed by atoms with van der Waals surface area (Å²) >= 11 is 0. The number of hydrogen-bond donors (Lipinski definition) is 0. The van der Waals surface area contributed by atoms with E-state index in [0.717, 1.165) is 24.3 Å². The van der Waals surface area contributed by atoms with E-state index in [1.807, 2.05) is 12.1 Å². The lowest BCUT2D eigenvalue weighted by atomic mass is 9.78. The Bertz CT molecular complexity index is 1170. The predicted molar refractivity (Wildman–Crippen MR) is 129 cm³/mol. The van der Waals surface area contributed by atoms with Crippen LogP contribution in [0.15, 0.2) is 42.5 Å². The maximum absolute atomic E-state index is 15.3. The zero-order chi connectivity index (χ0) is 25.9. The molecule has 0 heterocycles. The third-order valence-electron chi connectivity index (χ3n) is 7.32. The third-order valence-corrected chi connectivity index (χ3v) is 7.32. The van der Waals surface area contributed by atoms with Gasteiger partial charge in [-0.05, 0) is 53.3 Å². The fourth-order valence-corrected chi connectivity index (χ4v) is 5.32. The predicted octanol–water partition coefficient (Wildman–Crippen LogP) is 9.75. The second-order valence-electron chi connectivity index (χ2n) is 9.87. The lowest BCUT2D eigenvalue weighted by Gasteiger charge is -2.28. The number of halogens is 6. The molecule has 0 aromatic heterocycles. The van der Waals surface area contributed by atoms with Crippen LogP contribution in [-0.4, -0.2) is 6.36 Å². The minimum atomic E-state index is -5.25. The normalized spacial score (nSPS) is 18.5. The summed E-state index contributed by atoms with van der Waals surface area (Å²) in [5.74, 6) is -3.78. The quantitative estimate of drug-likeness (QED) is 0.275. The molecule has 7 heteroatoms. The number of hydrogen-bond acceptors (Lipinski definition) is 1. The summed E-state index contributed by atoms with van der Waals surface area (Å²) in [6.45, 7) is 2.23. The molecule has 0 aliphatic heterocycles. The van der Waals surface area contributed by atoms with Crippen molar-refractivity contribution in [1.29, 1.82) is 0 Å². The van der Waals surface area contributed by atoms with E-state index in [-0.39, 0.29) is 16.5 Å². The molecule has 1 aliphatic rings. The van der Waals surface area contributed by atoms with Gasteiger partial charge in [0.25, 0.3) is 0 Å². The first-order valence-electron chi connectivity index (χ1n) is 12.6. The van der Waals surface area contributed by atoms with Gasteiger partial charge in [0.05, 0.1) is 0 Å². The molecule has 0 radical (unpaired) electrons. The zero-order valence-corrected chi connectivity index (χ0v) is 20.2. The van der Waals surface area contributed by atoms with Crippen molar-refractivity contribution in [2.45, 2.75) is 71.1 Å². The van der Waals surface area contributed by atoms with Gasteiger partial charge < -0.3 is 4.74 Å². The molecule has 0 amide bonds. The zero-order valence-electron chi connectivity index (χ0n) is 20.2. The van der Waals surface area contributed by atoms with Crippen molar-refractivity contribution in [3.63, 3.8) is 0 Å². The highest BCUT2D eigenvalue weighted by Gasteiger charge is 2.34. The highest BCUT2D eigenvalue weighted by molar-refractivity contribution is 5.88. The Balaban J connectivity index is 1.46. The van der Waals surface area contributed by atoms with Gasteiger partial charge in [0.1, 0.15) is 5.82 Å². The molecule has 4 rings (SSSR count). The van der Waals surface area contributed by atoms with Gasteiger partial charge in [0.15, 0.2) is 11.6 Å². The maximum atomic E-state index is 15.3. The van der Waals surface area contributed by atoms with Crippen LogP contribution in [0.2, 0.25) is 0 Å². The van der Waals surface area contributed by atoms with E-state index in [4.69, 9.17) is 0 Å². The molecule has 0 saturated heterocycles. The molecule has 3 aromatic rings. The number of unbranched alkanes of at least 4 members (excludes halogenated alkanes) is 1. The first kappa shape index (κ1) is 26.4. The molecular formula is C29H30F6O. The van der Waals surface area contributed by atoms with Crippen LogP contribution in [-0.2, 0) is 6.42 Å². The molecule has 1 fully saturated rings. The fourth-order valence-electron chi connectivity index (χ4n) is 5.32. The highest BCUT2D eigenvalue weighted by atomic mass is 19.4. The van der Waals surface area contributed by atoms with Gasteiger partial charge in [-0.25, -0.2) is 13.2 Å². The fraction of sp³-hybridized carbons (Fsp3) is 0.448. The van der Waals surface area contributed by atoms with Crippen molar-refractivity contribution in [3.05, 3.63) is 65.5 Å². The molecule has 1 aliphatic carbocycles. The molecule has 0 bridgehead atoms. The van der Waals surface area contributed by atoms with E-state index in [2.05, 4.69) is 11.7 Å². The molecule has 0 atom stereocenters. The second-order valence-corrected chi connectivity index (χ2v) is 9.87. The summed E-state index contributed by atoms with van der Waals surface area (Å²) < 4.78 is 84.2. The Morgan fingerprint density at radius 1 is 0.833 bits per heavy atom. The number of ether oxygens (including phenoxy) is 1. The number of aryl methyl sites for hydroxylation is 1. The first-order chi connectivity index (χ1) is 17.1. The number of benzene rings is 3. The Morgan fingerprint density at radius 2 is 1.47 bits per heavy atom. The third kappa shape index (κ3) is 6.34. The molecular weight excluding hydrogens is 478 g/mol. The molecule has 36 heavy (non-hydrogen) atoms. The van der Waals surface area contributed by atoms with Gasteiger partial charge in [-0.15, -0.1) is 13.2 Å². The molecule has 3 aromatic carbocycles. The number of rotatable bonds is 8.